The van der Waals surface area contributed by atoms with Crippen LogP contribution in [-0.2, 0) is 14.6 Å². The summed E-state index contributed by atoms with van der Waals surface area (Å²) in [6, 6.07) is 10.7. The van der Waals surface area contributed by atoms with Crippen LogP contribution in [-0.4, -0.2) is 63.2 Å². The zero-order valence-corrected chi connectivity index (χ0v) is 17.7. The van der Waals surface area contributed by atoms with Crippen molar-refractivity contribution in [1.82, 2.24) is 4.90 Å². The first-order valence-corrected chi connectivity index (χ1v) is 11.3. The summed E-state index contributed by atoms with van der Waals surface area (Å²) in [5.41, 5.74) is 0.0478. The number of benzene rings is 2. The third-order valence-corrected chi connectivity index (χ3v) is 6.16. The summed E-state index contributed by atoms with van der Waals surface area (Å²) in [6.07, 6.45) is 1.00. The fourth-order valence-electron chi connectivity index (χ4n) is 3.14. The average molecular weight is 454 g/mol. The molecule has 2 aromatic rings. The highest BCUT2D eigenvalue weighted by Gasteiger charge is 2.27. The fraction of sp³-hybridized carbons (Fsp3) is 0.316. The predicted molar refractivity (Wildman–Crippen MR) is 112 cm³/mol. The van der Waals surface area contributed by atoms with Crippen molar-refractivity contribution in [1.29, 1.82) is 0 Å². The van der Waals surface area contributed by atoms with Gasteiger partial charge in [0, 0.05) is 38.5 Å². The minimum atomic E-state index is -3.56. The lowest BCUT2D eigenvalue weighted by Gasteiger charge is -2.35. The summed E-state index contributed by atoms with van der Waals surface area (Å²) in [5.74, 6) is 0.212. The van der Waals surface area contributed by atoms with E-state index in [0.29, 0.717) is 42.6 Å². The van der Waals surface area contributed by atoms with Crippen molar-refractivity contribution >= 4 is 38.7 Å². The number of nitro benzene ring substituents is 1. The van der Waals surface area contributed by atoms with E-state index in [1.807, 2.05) is 0 Å². The largest absolute Gasteiger partial charge is 0.482 e. The second kappa shape index (κ2) is 8.88. The van der Waals surface area contributed by atoms with E-state index in [9.17, 15) is 23.3 Å². The number of nitrogens with zero attached hydrogens (tertiary/aromatic N) is 3. The molecule has 0 aliphatic carbocycles. The molecule has 3 rings (SSSR count). The normalized spacial score (nSPS) is 14.5. The van der Waals surface area contributed by atoms with Gasteiger partial charge in [-0.2, -0.15) is 0 Å². The quantitative estimate of drug-likeness (QED) is 0.487. The molecular weight excluding hydrogens is 434 g/mol. The first kappa shape index (κ1) is 21.8. The molecule has 1 amide bonds. The number of carbonyl (C=O) groups excluding carboxylic acids is 1. The zero-order chi connectivity index (χ0) is 21.9. The molecule has 1 saturated heterocycles. The second-order valence-electron chi connectivity index (χ2n) is 6.77. The molecule has 0 atom stereocenters. The Labute approximate surface area is 178 Å². The van der Waals surface area contributed by atoms with Crippen LogP contribution in [0.5, 0.6) is 5.75 Å². The average Bonchev–Trinajstić information content (AvgIpc) is 2.72. The number of anilines is 1. The summed E-state index contributed by atoms with van der Waals surface area (Å²) in [7, 11) is -3.56. The number of carbonyl (C=O) groups is 1. The number of piperazine rings is 1. The van der Waals surface area contributed by atoms with Crippen LogP contribution in [0.3, 0.4) is 0 Å². The van der Waals surface area contributed by atoms with Crippen LogP contribution in [0, 0.1) is 10.1 Å². The molecule has 9 nitrogen and oxygen atoms in total. The van der Waals surface area contributed by atoms with Crippen molar-refractivity contribution in [2.75, 3.05) is 43.9 Å². The van der Waals surface area contributed by atoms with Gasteiger partial charge in [-0.3, -0.25) is 14.9 Å². The van der Waals surface area contributed by atoms with Crippen LogP contribution in [0.2, 0.25) is 5.02 Å². The number of ether oxygens (including phenoxy) is 1. The molecule has 1 fully saturated rings. The Morgan fingerprint density at radius 1 is 1.17 bits per heavy atom. The van der Waals surface area contributed by atoms with Crippen LogP contribution >= 0.6 is 11.6 Å². The molecule has 0 unspecified atom stereocenters. The molecule has 160 valence electrons. The molecule has 11 heteroatoms. The first-order chi connectivity index (χ1) is 14.2. The lowest BCUT2D eigenvalue weighted by Crippen LogP contribution is -2.50. The highest BCUT2D eigenvalue weighted by molar-refractivity contribution is 7.90. The third kappa shape index (κ3) is 5.00. The Kier molecular flexibility index (Phi) is 6.47. The van der Waals surface area contributed by atoms with Gasteiger partial charge in [0.1, 0.15) is 11.4 Å². The van der Waals surface area contributed by atoms with E-state index in [2.05, 4.69) is 0 Å². The summed E-state index contributed by atoms with van der Waals surface area (Å²) in [4.78, 5) is 26.6. The molecule has 1 aliphatic rings. The number of sulfone groups is 1. The van der Waals surface area contributed by atoms with Gasteiger partial charge in [0.15, 0.2) is 16.4 Å². The van der Waals surface area contributed by atoms with E-state index < -0.39 is 14.8 Å². The molecule has 0 spiro atoms. The Morgan fingerprint density at radius 3 is 2.43 bits per heavy atom. The van der Waals surface area contributed by atoms with Gasteiger partial charge in [-0.15, -0.1) is 0 Å². The topological polar surface area (TPSA) is 110 Å². The van der Waals surface area contributed by atoms with Crippen molar-refractivity contribution in [2.45, 2.75) is 4.90 Å². The van der Waals surface area contributed by atoms with Gasteiger partial charge in [-0.25, -0.2) is 8.42 Å². The first-order valence-electron chi connectivity index (χ1n) is 9.05. The summed E-state index contributed by atoms with van der Waals surface area (Å²) < 4.78 is 28.9. The summed E-state index contributed by atoms with van der Waals surface area (Å²) >= 11 is 6.01. The van der Waals surface area contributed by atoms with Crippen LogP contribution in [0.25, 0.3) is 0 Å². The summed E-state index contributed by atoms with van der Waals surface area (Å²) in [6.45, 7) is 1.30. The molecule has 0 aromatic heterocycles. The van der Waals surface area contributed by atoms with Gasteiger partial charge in [-0.05, 0) is 24.3 Å². The smallest absolute Gasteiger partial charge is 0.293 e. The van der Waals surface area contributed by atoms with E-state index >= 15 is 0 Å². The maximum Gasteiger partial charge on any atom is 0.293 e. The number of nitro groups is 1. The number of para-hydroxylation sites is 1. The molecule has 0 saturated carbocycles. The van der Waals surface area contributed by atoms with Crippen molar-refractivity contribution in [3.05, 3.63) is 57.6 Å². The molecule has 0 N–H and O–H groups in total. The van der Waals surface area contributed by atoms with Crippen molar-refractivity contribution < 1.29 is 22.9 Å². The van der Waals surface area contributed by atoms with Crippen molar-refractivity contribution in [3.63, 3.8) is 0 Å². The molecular formula is C19H20ClN3O6S. The SMILES string of the molecule is CS(=O)(=O)c1ccc(N2CCN(C(=O)COc3ccccc3Cl)CC2)c([N+](=O)[O-])c1. The molecule has 1 aliphatic heterocycles. The van der Waals surface area contributed by atoms with E-state index in [-0.39, 0.29) is 23.1 Å². The van der Waals surface area contributed by atoms with Crippen LogP contribution < -0.4 is 9.64 Å². The Bertz CT molecular complexity index is 1070. The molecule has 30 heavy (non-hydrogen) atoms. The molecule has 0 bridgehead atoms. The number of hydrogen-bond donors (Lipinski definition) is 0. The van der Waals surface area contributed by atoms with Crippen LogP contribution in [0.1, 0.15) is 0 Å². The van der Waals surface area contributed by atoms with Gasteiger partial charge in [0.05, 0.1) is 14.8 Å². The Balaban J connectivity index is 1.64. The summed E-state index contributed by atoms with van der Waals surface area (Å²) in [5, 5.41) is 11.9. The van der Waals surface area contributed by atoms with E-state index in [4.69, 9.17) is 16.3 Å². The Morgan fingerprint density at radius 2 is 1.83 bits per heavy atom. The zero-order valence-electron chi connectivity index (χ0n) is 16.2. The maximum absolute atomic E-state index is 12.4. The predicted octanol–water partition coefficient (Wildman–Crippen LogP) is 2.38. The number of hydrogen-bond acceptors (Lipinski definition) is 7. The second-order valence-corrected chi connectivity index (χ2v) is 9.19. The monoisotopic (exact) mass is 453 g/mol. The third-order valence-electron chi connectivity index (χ3n) is 4.73. The number of rotatable bonds is 6. The highest BCUT2D eigenvalue weighted by Crippen LogP contribution is 2.31. The minimum Gasteiger partial charge on any atom is -0.482 e. The van der Waals surface area contributed by atoms with Gasteiger partial charge in [-0.1, -0.05) is 23.7 Å². The minimum absolute atomic E-state index is 0.108. The highest BCUT2D eigenvalue weighted by atomic mass is 35.5. The van der Waals surface area contributed by atoms with Crippen molar-refractivity contribution in [2.24, 2.45) is 0 Å². The molecule has 2 aromatic carbocycles. The lowest BCUT2D eigenvalue weighted by molar-refractivity contribution is -0.384. The van der Waals surface area contributed by atoms with Crippen molar-refractivity contribution in [3.8, 4) is 5.75 Å². The number of halogens is 1. The van der Waals surface area contributed by atoms with Gasteiger partial charge in [0.25, 0.3) is 11.6 Å². The van der Waals surface area contributed by atoms with E-state index in [0.717, 1.165) is 12.3 Å². The molecule has 1 heterocycles. The number of amides is 1. The van der Waals surface area contributed by atoms with Gasteiger partial charge < -0.3 is 14.5 Å². The van der Waals surface area contributed by atoms with Gasteiger partial charge >= 0.3 is 0 Å². The standard InChI is InChI=1S/C19H20ClN3O6S/c1-30(27,28)14-6-7-16(17(12-14)23(25)26)21-8-10-22(11-9-21)19(24)13-29-18-5-3-2-4-15(18)20/h2-7,12H,8-11,13H2,1H3. The Hall–Kier alpha value is -2.85. The lowest BCUT2D eigenvalue weighted by atomic mass is 10.2. The van der Waals surface area contributed by atoms with Crippen LogP contribution in [0.15, 0.2) is 47.4 Å². The molecule has 0 radical (unpaired) electrons. The van der Waals surface area contributed by atoms with E-state index in [1.54, 1.807) is 34.1 Å². The van der Waals surface area contributed by atoms with Gasteiger partial charge in [0.2, 0.25) is 0 Å². The van der Waals surface area contributed by atoms with E-state index in [1.165, 1.54) is 12.1 Å². The van der Waals surface area contributed by atoms with Crippen LogP contribution in [0.4, 0.5) is 11.4 Å². The maximum atomic E-state index is 12.4. The fourth-order valence-corrected chi connectivity index (χ4v) is 3.97.